The van der Waals surface area contributed by atoms with Gasteiger partial charge in [-0.1, -0.05) is 434 Å². The molecule has 0 N–H and O–H groups in total. The molecule has 0 aliphatic carbocycles. The molecule has 2 aromatic carbocycles. The maximum Gasteiger partial charge on any atom is 2.00 e. The van der Waals surface area contributed by atoms with Crippen molar-refractivity contribution in [3.63, 3.8) is 0 Å². The predicted octanol–water partition coefficient (Wildman–Crippen LogP) is 31.8. The van der Waals surface area contributed by atoms with Crippen LogP contribution in [0.3, 0.4) is 0 Å². The van der Waals surface area contributed by atoms with Crippen LogP contribution in [0.15, 0.2) is 94.8 Å². The minimum atomic E-state index is -4.82. The summed E-state index contributed by atoms with van der Waals surface area (Å²) in [5.74, 6) is -3.07. The van der Waals surface area contributed by atoms with Crippen LogP contribution in [0.4, 0.5) is 0 Å². The zero-order valence-corrected chi connectivity index (χ0v) is 81.9. The molecule has 0 bridgehead atoms. The Morgan fingerprint density at radius 3 is 0.496 bits per heavy atom. The third kappa shape index (κ3) is 75.1. The maximum absolute atomic E-state index is 13.0. The van der Waals surface area contributed by atoms with Crippen LogP contribution < -0.4 is 0 Å². The zero-order valence-electron chi connectivity index (χ0n) is 78.1. The van der Waals surface area contributed by atoms with E-state index >= 15 is 0 Å². The van der Waals surface area contributed by atoms with Gasteiger partial charge in [-0.3, -0.25) is 0 Å². The summed E-state index contributed by atoms with van der Waals surface area (Å²) >= 11 is 0. The first-order valence-corrected chi connectivity index (χ1v) is 52.8. The monoisotopic (exact) mass is 1760 g/mol. The SMILES string of the molecule is C/C=C/CCCCCCCCCCCCCCCCCCCOC(=O)c1ccc(S(=O)(=O)[O-])cc1C(=O)OCCCCCCCCCCCCCCCCCCC/C=C/C.C/C=C/CCCCCCCCCCCCCCCCCCCOC(=O)c1ccc(S(=O)(=O)[O-])cc1C(=O)OCCCCCCCCCCCCCCCCCCC/C=C/C.[Ca+2]. The summed E-state index contributed by atoms with van der Waals surface area (Å²) in [6.45, 7) is 9.13. The van der Waals surface area contributed by atoms with Crippen LogP contribution in [0.25, 0.3) is 0 Å². The fraction of sp³-hybridized carbons (Fsp3) is 0.769. The normalized spacial score (nSPS) is 11.8. The summed E-state index contributed by atoms with van der Waals surface area (Å²) < 4.78 is 91.9. The van der Waals surface area contributed by atoms with Gasteiger partial charge >= 0.3 is 61.6 Å². The second kappa shape index (κ2) is 88.4. The van der Waals surface area contributed by atoms with E-state index in [4.69, 9.17) is 18.9 Å². The standard InChI is InChI=1S/2C52H90O7S.Ca/c2*1-3-5-7-9-11-13-15-17-19-21-23-25-27-29-31-33-35-37-39-41-45-58-51(53)49-44-43-48(60(55,56)57)47-50(49)52(54)59-46-42-40-38-36-34-32-30-28-26-24-22-20-18-16-14-12-10-8-6-4-2;/h2*3-6,43-44,47H,7-42,45-46H2,1-2H3,(H,55,56,57);/q;;+2/p-2/b2*5-3+,6-4+;. The van der Waals surface area contributed by atoms with Crippen molar-refractivity contribution >= 4 is 81.9 Å². The Balaban J connectivity index is 0.00000236. The Morgan fingerprint density at radius 1 is 0.223 bits per heavy atom. The number of hydrogen-bond donors (Lipinski definition) is 0. The Hall–Kier alpha value is -3.64. The summed E-state index contributed by atoms with van der Waals surface area (Å²) in [5.41, 5.74) is -0.657. The maximum atomic E-state index is 13.0. The Kier molecular flexibility index (Phi) is 85.7. The zero-order chi connectivity index (χ0) is 87.2. The van der Waals surface area contributed by atoms with Gasteiger partial charge in [0.1, 0.15) is 20.2 Å². The fourth-order valence-electron chi connectivity index (χ4n) is 15.8. The van der Waals surface area contributed by atoms with Gasteiger partial charge in [0.15, 0.2) is 0 Å². The first-order valence-electron chi connectivity index (χ1n) is 49.9. The van der Waals surface area contributed by atoms with Crippen LogP contribution in [0.5, 0.6) is 0 Å². The number of rotatable bonds is 86. The van der Waals surface area contributed by atoms with Crippen molar-refractivity contribution in [1.29, 1.82) is 0 Å². The van der Waals surface area contributed by atoms with E-state index in [1.807, 2.05) is 0 Å². The second-order valence-corrected chi connectivity index (χ2v) is 37.1. The number of carbonyl (C=O) groups excluding carboxylic acids is 4. The first-order chi connectivity index (χ1) is 58.6. The Morgan fingerprint density at radius 2 is 0.355 bits per heavy atom. The summed E-state index contributed by atoms with van der Waals surface area (Å²) in [5, 5.41) is 0. The van der Waals surface area contributed by atoms with E-state index in [1.54, 1.807) is 0 Å². The molecule has 0 fully saturated rings. The van der Waals surface area contributed by atoms with Crippen LogP contribution >= 0.6 is 0 Å². The van der Waals surface area contributed by atoms with E-state index in [0.717, 1.165) is 88.5 Å². The van der Waals surface area contributed by atoms with Crippen LogP contribution in [0, 0.1) is 0 Å². The largest absolute Gasteiger partial charge is 2.00 e. The molecule has 2 aromatic rings. The van der Waals surface area contributed by atoms with E-state index in [-0.39, 0.29) is 86.4 Å². The average Bonchev–Trinajstić information content (AvgIpc) is 0.813. The molecule has 0 unspecified atom stereocenters. The minimum absolute atomic E-state index is 0. The van der Waals surface area contributed by atoms with Gasteiger partial charge in [-0.2, -0.15) is 0 Å². The van der Waals surface area contributed by atoms with Gasteiger partial charge in [0.2, 0.25) is 0 Å². The molecule has 692 valence electrons. The molecule has 2 rings (SSSR count). The Bertz CT molecular complexity index is 2880. The van der Waals surface area contributed by atoms with E-state index < -0.39 is 53.9 Å². The van der Waals surface area contributed by atoms with Gasteiger partial charge in [0.05, 0.1) is 58.5 Å². The van der Waals surface area contributed by atoms with Crippen molar-refractivity contribution in [2.75, 3.05) is 26.4 Å². The number of hydrogen-bond acceptors (Lipinski definition) is 14. The first kappa shape index (κ1) is 117. The molecule has 0 saturated carbocycles. The van der Waals surface area contributed by atoms with E-state index in [1.165, 1.54) is 385 Å². The molecule has 0 aliphatic rings. The molecule has 121 heavy (non-hydrogen) atoms. The van der Waals surface area contributed by atoms with Gasteiger partial charge < -0.3 is 28.1 Å². The van der Waals surface area contributed by atoms with Gasteiger partial charge in [-0.15, -0.1) is 0 Å². The van der Waals surface area contributed by atoms with E-state index in [0.29, 0.717) is 25.7 Å². The number of ether oxygens (including phenoxy) is 4. The molecule has 0 aromatic heterocycles. The van der Waals surface area contributed by atoms with Crippen LogP contribution in [0.2, 0.25) is 0 Å². The number of carbonyl (C=O) groups is 4. The molecule has 17 heteroatoms. The average molecular weight is 1760 g/mol. The predicted molar refractivity (Wildman–Crippen MR) is 507 cm³/mol. The third-order valence-electron chi connectivity index (χ3n) is 23.4. The molecule has 0 aliphatic heterocycles. The molecule has 0 saturated heterocycles. The van der Waals surface area contributed by atoms with Gasteiger partial charge in [0, 0.05) is 0 Å². The van der Waals surface area contributed by atoms with E-state index in [9.17, 15) is 45.1 Å². The van der Waals surface area contributed by atoms with Gasteiger partial charge in [-0.05, 0) is 141 Å². The molecular formula is C104H178CaO14S2. The number of esters is 4. The minimum Gasteiger partial charge on any atom is -0.744 e. The summed E-state index contributed by atoms with van der Waals surface area (Å²) in [6, 6.07) is 6.32. The summed E-state index contributed by atoms with van der Waals surface area (Å²) in [4.78, 5) is 50.7. The quantitative estimate of drug-likeness (QED) is 0.0150. The fourth-order valence-corrected chi connectivity index (χ4v) is 16.7. The molecule has 0 heterocycles. The van der Waals surface area contributed by atoms with Crippen molar-refractivity contribution in [2.24, 2.45) is 0 Å². The van der Waals surface area contributed by atoms with Crippen molar-refractivity contribution in [1.82, 2.24) is 0 Å². The van der Waals surface area contributed by atoms with Gasteiger partial charge in [0.25, 0.3) is 0 Å². The summed E-state index contributed by atoms with van der Waals surface area (Å²) in [6.07, 6.45) is 108. The summed E-state index contributed by atoms with van der Waals surface area (Å²) in [7, 11) is -9.64. The van der Waals surface area contributed by atoms with Crippen molar-refractivity contribution in [3.05, 3.63) is 107 Å². The smallest absolute Gasteiger partial charge is 0.744 e. The van der Waals surface area contributed by atoms with Crippen LogP contribution in [-0.2, 0) is 39.2 Å². The Labute approximate surface area is 773 Å². The van der Waals surface area contributed by atoms with Gasteiger partial charge in [-0.25, -0.2) is 36.0 Å². The number of unbranched alkanes of at least 4 members (excludes halogenated alkanes) is 68. The van der Waals surface area contributed by atoms with Crippen molar-refractivity contribution in [2.45, 2.75) is 500 Å². The second-order valence-electron chi connectivity index (χ2n) is 34.3. The van der Waals surface area contributed by atoms with Crippen LogP contribution in [-0.4, -0.2) is 114 Å². The topological polar surface area (TPSA) is 220 Å². The number of allylic oxidation sites excluding steroid dienone is 8. The molecule has 0 radical (unpaired) electrons. The molecule has 0 spiro atoms. The van der Waals surface area contributed by atoms with Crippen LogP contribution in [0.1, 0.15) is 531 Å². The molecule has 0 atom stereocenters. The van der Waals surface area contributed by atoms with Crippen molar-refractivity contribution < 1.29 is 64.1 Å². The third-order valence-corrected chi connectivity index (χ3v) is 25.0. The molecule has 0 amide bonds. The number of benzene rings is 2. The van der Waals surface area contributed by atoms with E-state index in [2.05, 4.69) is 76.3 Å². The molecular weight excluding hydrogens is 1580 g/mol. The molecule has 14 nitrogen and oxygen atoms in total. The van der Waals surface area contributed by atoms with Crippen molar-refractivity contribution in [3.8, 4) is 0 Å².